The van der Waals surface area contributed by atoms with Gasteiger partial charge in [-0.1, -0.05) is 26.7 Å². The van der Waals surface area contributed by atoms with Gasteiger partial charge < -0.3 is 5.32 Å². The van der Waals surface area contributed by atoms with Gasteiger partial charge in [-0.25, -0.2) is 4.98 Å². The van der Waals surface area contributed by atoms with Gasteiger partial charge in [-0.15, -0.1) is 11.3 Å². The van der Waals surface area contributed by atoms with E-state index in [1.807, 2.05) is 11.6 Å². The van der Waals surface area contributed by atoms with Gasteiger partial charge in [0.1, 0.15) is 0 Å². The molecule has 1 atom stereocenters. The lowest BCUT2D eigenvalue weighted by Crippen LogP contribution is -2.24. The minimum absolute atomic E-state index is 0.529. The topological polar surface area (TPSA) is 24.9 Å². The SMILES string of the molecule is CCC(CC)C(C)Nc1nccs1. The van der Waals surface area contributed by atoms with Crippen LogP contribution in [-0.4, -0.2) is 11.0 Å². The minimum atomic E-state index is 0.529. The van der Waals surface area contributed by atoms with Crippen LogP contribution in [0.3, 0.4) is 0 Å². The number of aromatic nitrogens is 1. The highest BCUT2D eigenvalue weighted by atomic mass is 32.1. The maximum absolute atomic E-state index is 4.21. The first-order valence-corrected chi connectivity index (χ1v) is 5.81. The highest BCUT2D eigenvalue weighted by Gasteiger charge is 2.13. The quantitative estimate of drug-likeness (QED) is 0.784. The fraction of sp³-hybridized carbons (Fsp3) is 0.700. The van der Waals surface area contributed by atoms with E-state index in [1.165, 1.54) is 12.8 Å². The third-order valence-electron chi connectivity index (χ3n) is 2.54. The molecule has 1 heterocycles. The molecule has 0 bridgehead atoms. The smallest absolute Gasteiger partial charge is 0.182 e. The van der Waals surface area contributed by atoms with Crippen molar-refractivity contribution in [3.8, 4) is 0 Å². The number of rotatable bonds is 5. The van der Waals surface area contributed by atoms with Gasteiger partial charge >= 0.3 is 0 Å². The lowest BCUT2D eigenvalue weighted by molar-refractivity contribution is 0.438. The second-order valence-electron chi connectivity index (χ2n) is 3.35. The number of hydrogen-bond acceptors (Lipinski definition) is 3. The van der Waals surface area contributed by atoms with E-state index in [0.29, 0.717) is 6.04 Å². The van der Waals surface area contributed by atoms with Crippen molar-refractivity contribution >= 4 is 16.5 Å². The van der Waals surface area contributed by atoms with Gasteiger partial charge in [-0.05, 0) is 12.8 Å². The van der Waals surface area contributed by atoms with E-state index in [2.05, 4.69) is 31.1 Å². The zero-order chi connectivity index (χ0) is 9.68. The Morgan fingerprint density at radius 3 is 2.62 bits per heavy atom. The van der Waals surface area contributed by atoms with Crippen LogP contribution in [0, 0.1) is 5.92 Å². The van der Waals surface area contributed by atoms with Gasteiger partial charge in [0, 0.05) is 17.6 Å². The fourth-order valence-corrected chi connectivity index (χ4v) is 2.23. The second kappa shape index (κ2) is 5.22. The van der Waals surface area contributed by atoms with Crippen LogP contribution in [0.15, 0.2) is 11.6 Å². The molecule has 0 radical (unpaired) electrons. The van der Waals surface area contributed by atoms with Crippen LogP contribution >= 0.6 is 11.3 Å². The number of nitrogens with zero attached hydrogens (tertiary/aromatic N) is 1. The van der Waals surface area contributed by atoms with Crippen molar-refractivity contribution in [3.05, 3.63) is 11.6 Å². The van der Waals surface area contributed by atoms with E-state index < -0.39 is 0 Å². The van der Waals surface area contributed by atoms with E-state index in [-0.39, 0.29) is 0 Å². The maximum atomic E-state index is 4.21. The Bertz CT molecular complexity index is 217. The molecule has 0 saturated heterocycles. The van der Waals surface area contributed by atoms with Gasteiger partial charge in [0.05, 0.1) is 0 Å². The van der Waals surface area contributed by atoms with Crippen molar-refractivity contribution in [2.24, 2.45) is 5.92 Å². The summed E-state index contributed by atoms with van der Waals surface area (Å²) in [6.07, 6.45) is 4.30. The Morgan fingerprint density at radius 1 is 1.46 bits per heavy atom. The molecule has 1 aromatic heterocycles. The van der Waals surface area contributed by atoms with Crippen LogP contribution in [-0.2, 0) is 0 Å². The number of thiazole rings is 1. The number of hydrogen-bond donors (Lipinski definition) is 1. The Kier molecular flexibility index (Phi) is 4.22. The molecule has 0 aromatic carbocycles. The molecule has 0 aliphatic heterocycles. The molecular weight excluding hydrogens is 180 g/mol. The highest BCUT2D eigenvalue weighted by Crippen LogP contribution is 2.19. The molecule has 13 heavy (non-hydrogen) atoms. The van der Waals surface area contributed by atoms with Crippen molar-refractivity contribution < 1.29 is 0 Å². The average molecular weight is 198 g/mol. The molecule has 3 heteroatoms. The summed E-state index contributed by atoms with van der Waals surface area (Å²) in [6, 6.07) is 0.529. The Labute approximate surface area is 84.4 Å². The third kappa shape index (κ3) is 2.99. The molecule has 1 aromatic rings. The fourth-order valence-electron chi connectivity index (χ4n) is 1.60. The molecule has 0 aliphatic carbocycles. The predicted octanol–water partition coefficient (Wildman–Crippen LogP) is 3.38. The van der Waals surface area contributed by atoms with E-state index in [1.54, 1.807) is 11.3 Å². The van der Waals surface area contributed by atoms with Crippen LogP contribution in [0.2, 0.25) is 0 Å². The predicted molar refractivity (Wildman–Crippen MR) is 59.3 cm³/mol. The van der Waals surface area contributed by atoms with Gasteiger partial charge in [0.25, 0.3) is 0 Å². The summed E-state index contributed by atoms with van der Waals surface area (Å²) in [5, 5.41) is 6.47. The van der Waals surface area contributed by atoms with Crippen LogP contribution < -0.4 is 5.32 Å². The molecule has 0 fully saturated rings. The Hall–Kier alpha value is -0.570. The summed E-state index contributed by atoms with van der Waals surface area (Å²) in [6.45, 7) is 6.72. The molecule has 0 spiro atoms. The second-order valence-corrected chi connectivity index (χ2v) is 4.24. The summed E-state index contributed by atoms with van der Waals surface area (Å²) in [5.41, 5.74) is 0. The summed E-state index contributed by atoms with van der Waals surface area (Å²) in [4.78, 5) is 4.21. The molecular formula is C10H18N2S. The van der Waals surface area contributed by atoms with E-state index in [0.717, 1.165) is 11.0 Å². The maximum Gasteiger partial charge on any atom is 0.182 e. The van der Waals surface area contributed by atoms with Crippen LogP contribution in [0.4, 0.5) is 5.13 Å². The van der Waals surface area contributed by atoms with Crippen molar-refractivity contribution in [2.75, 3.05) is 5.32 Å². The Morgan fingerprint density at radius 2 is 2.15 bits per heavy atom. The van der Waals surface area contributed by atoms with Crippen LogP contribution in [0.1, 0.15) is 33.6 Å². The highest BCUT2D eigenvalue weighted by molar-refractivity contribution is 7.13. The zero-order valence-corrected chi connectivity index (χ0v) is 9.40. The summed E-state index contributed by atoms with van der Waals surface area (Å²) < 4.78 is 0. The molecule has 0 aliphatic rings. The van der Waals surface area contributed by atoms with Gasteiger partial charge in [-0.3, -0.25) is 0 Å². The normalized spacial score (nSPS) is 13.2. The first kappa shape index (κ1) is 10.5. The van der Waals surface area contributed by atoms with E-state index in [9.17, 15) is 0 Å². The van der Waals surface area contributed by atoms with Crippen molar-refractivity contribution in [3.63, 3.8) is 0 Å². The van der Waals surface area contributed by atoms with E-state index in [4.69, 9.17) is 0 Å². The van der Waals surface area contributed by atoms with Crippen LogP contribution in [0.25, 0.3) is 0 Å². The van der Waals surface area contributed by atoms with Crippen molar-refractivity contribution in [1.82, 2.24) is 4.98 Å². The average Bonchev–Trinajstić information content (AvgIpc) is 2.59. The first-order chi connectivity index (χ1) is 6.27. The monoisotopic (exact) mass is 198 g/mol. The lowest BCUT2D eigenvalue weighted by atomic mass is 9.96. The van der Waals surface area contributed by atoms with Crippen molar-refractivity contribution in [1.29, 1.82) is 0 Å². The zero-order valence-electron chi connectivity index (χ0n) is 8.58. The summed E-state index contributed by atoms with van der Waals surface area (Å²) in [7, 11) is 0. The first-order valence-electron chi connectivity index (χ1n) is 4.94. The third-order valence-corrected chi connectivity index (χ3v) is 3.24. The molecule has 0 amide bonds. The number of anilines is 1. The van der Waals surface area contributed by atoms with Crippen molar-refractivity contribution in [2.45, 2.75) is 39.7 Å². The lowest BCUT2D eigenvalue weighted by Gasteiger charge is -2.21. The van der Waals surface area contributed by atoms with Gasteiger partial charge in [0.15, 0.2) is 5.13 Å². The van der Waals surface area contributed by atoms with Gasteiger partial charge in [0.2, 0.25) is 0 Å². The molecule has 1 N–H and O–H groups in total. The molecule has 1 unspecified atom stereocenters. The standard InChI is InChI=1S/C10H18N2S/c1-4-9(5-2)8(3)12-10-11-6-7-13-10/h6-9H,4-5H2,1-3H3,(H,11,12). The Balaban J connectivity index is 2.44. The minimum Gasteiger partial charge on any atom is -0.359 e. The van der Waals surface area contributed by atoms with Gasteiger partial charge in [-0.2, -0.15) is 0 Å². The molecule has 2 nitrogen and oxygen atoms in total. The molecule has 74 valence electrons. The summed E-state index contributed by atoms with van der Waals surface area (Å²) >= 11 is 1.67. The molecule has 1 rings (SSSR count). The van der Waals surface area contributed by atoms with E-state index >= 15 is 0 Å². The summed E-state index contributed by atoms with van der Waals surface area (Å²) in [5.74, 6) is 0.754. The largest absolute Gasteiger partial charge is 0.359 e. The molecule has 0 saturated carbocycles. The number of nitrogens with one attached hydrogen (secondary N) is 1. The van der Waals surface area contributed by atoms with Crippen LogP contribution in [0.5, 0.6) is 0 Å².